The SMILES string of the molecule is C=CCOc1cc(CO)cc(C(C)(C)C)n1. The molecule has 0 amide bonds. The minimum absolute atomic E-state index is 0.00392. The van der Waals surface area contributed by atoms with Crippen molar-refractivity contribution in [1.82, 2.24) is 4.98 Å². The molecule has 0 atom stereocenters. The lowest BCUT2D eigenvalue weighted by Crippen LogP contribution is -2.15. The topological polar surface area (TPSA) is 42.4 Å². The molecule has 1 heterocycles. The second-order valence-corrected chi connectivity index (χ2v) is 4.71. The number of hydrogen-bond acceptors (Lipinski definition) is 3. The van der Waals surface area contributed by atoms with E-state index in [1.807, 2.05) is 6.07 Å². The second-order valence-electron chi connectivity index (χ2n) is 4.71. The van der Waals surface area contributed by atoms with E-state index < -0.39 is 0 Å². The Morgan fingerprint density at radius 1 is 1.44 bits per heavy atom. The van der Waals surface area contributed by atoms with Crippen LogP contribution in [0.3, 0.4) is 0 Å². The van der Waals surface area contributed by atoms with Gasteiger partial charge in [-0.25, -0.2) is 4.98 Å². The van der Waals surface area contributed by atoms with Crippen LogP contribution in [0.15, 0.2) is 24.8 Å². The molecule has 0 aliphatic rings. The van der Waals surface area contributed by atoms with E-state index >= 15 is 0 Å². The average Bonchev–Trinajstić information content (AvgIpc) is 2.24. The number of ether oxygens (including phenoxy) is 1. The first kappa shape index (κ1) is 12.7. The molecule has 0 bridgehead atoms. The van der Waals surface area contributed by atoms with Crippen molar-refractivity contribution in [3.63, 3.8) is 0 Å². The van der Waals surface area contributed by atoms with Gasteiger partial charge in [-0.1, -0.05) is 33.4 Å². The van der Waals surface area contributed by atoms with Crippen molar-refractivity contribution in [2.75, 3.05) is 6.61 Å². The van der Waals surface area contributed by atoms with E-state index in [1.165, 1.54) is 0 Å². The molecule has 1 N–H and O–H groups in total. The molecule has 0 unspecified atom stereocenters. The molecule has 0 saturated heterocycles. The quantitative estimate of drug-likeness (QED) is 0.794. The van der Waals surface area contributed by atoms with Gasteiger partial charge in [0.05, 0.1) is 12.3 Å². The van der Waals surface area contributed by atoms with Crippen LogP contribution >= 0.6 is 0 Å². The molecule has 1 aromatic heterocycles. The van der Waals surface area contributed by atoms with Gasteiger partial charge in [-0.05, 0) is 11.6 Å². The molecule has 16 heavy (non-hydrogen) atoms. The Labute approximate surface area is 96.8 Å². The summed E-state index contributed by atoms with van der Waals surface area (Å²) < 4.78 is 5.39. The molecule has 3 heteroatoms. The van der Waals surface area contributed by atoms with Gasteiger partial charge in [0.25, 0.3) is 0 Å². The van der Waals surface area contributed by atoms with Crippen molar-refractivity contribution in [3.8, 4) is 5.88 Å². The van der Waals surface area contributed by atoms with Gasteiger partial charge in [-0.15, -0.1) is 0 Å². The van der Waals surface area contributed by atoms with Crippen LogP contribution in [0.25, 0.3) is 0 Å². The van der Waals surface area contributed by atoms with Crippen molar-refractivity contribution in [2.45, 2.75) is 32.8 Å². The monoisotopic (exact) mass is 221 g/mol. The molecule has 88 valence electrons. The third-order valence-corrected chi connectivity index (χ3v) is 2.16. The Kier molecular flexibility index (Phi) is 4.07. The van der Waals surface area contributed by atoms with Gasteiger partial charge >= 0.3 is 0 Å². The zero-order valence-corrected chi connectivity index (χ0v) is 10.2. The zero-order chi connectivity index (χ0) is 12.2. The number of pyridine rings is 1. The number of nitrogens with zero attached hydrogens (tertiary/aromatic N) is 1. The Morgan fingerprint density at radius 2 is 2.12 bits per heavy atom. The molecule has 3 nitrogen and oxygen atoms in total. The van der Waals surface area contributed by atoms with Crippen molar-refractivity contribution in [2.24, 2.45) is 0 Å². The maximum absolute atomic E-state index is 9.17. The third-order valence-electron chi connectivity index (χ3n) is 2.16. The van der Waals surface area contributed by atoms with Crippen molar-refractivity contribution < 1.29 is 9.84 Å². The maximum Gasteiger partial charge on any atom is 0.214 e. The van der Waals surface area contributed by atoms with Crippen LogP contribution in [0.5, 0.6) is 5.88 Å². The highest BCUT2D eigenvalue weighted by atomic mass is 16.5. The van der Waals surface area contributed by atoms with Crippen LogP contribution < -0.4 is 4.74 Å². The maximum atomic E-state index is 9.17. The second kappa shape index (κ2) is 5.12. The predicted octanol–water partition coefficient (Wildman–Crippen LogP) is 2.44. The van der Waals surface area contributed by atoms with E-state index in [9.17, 15) is 5.11 Å². The summed E-state index contributed by atoms with van der Waals surface area (Å²) >= 11 is 0. The van der Waals surface area contributed by atoms with Crippen LogP contribution in [0.4, 0.5) is 0 Å². The standard InChI is InChI=1S/C13H19NO2/c1-5-6-16-12-8-10(9-15)7-11(14-12)13(2,3)4/h5,7-8,15H,1,6,9H2,2-4H3. The molecule has 0 aliphatic carbocycles. The molecule has 1 aromatic rings. The highest BCUT2D eigenvalue weighted by Crippen LogP contribution is 2.24. The summed E-state index contributed by atoms with van der Waals surface area (Å²) in [6.07, 6.45) is 1.67. The Hall–Kier alpha value is -1.35. The van der Waals surface area contributed by atoms with Crippen molar-refractivity contribution in [1.29, 1.82) is 0 Å². The Morgan fingerprint density at radius 3 is 2.62 bits per heavy atom. The van der Waals surface area contributed by atoms with E-state index in [-0.39, 0.29) is 12.0 Å². The molecule has 1 rings (SSSR count). The van der Waals surface area contributed by atoms with E-state index in [0.29, 0.717) is 12.5 Å². The summed E-state index contributed by atoms with van der Waals surface area (Å²) in [6, 6.07) is 3.65. The first-order valence-electron chi connectivity index (χ1n) is 5.33. The van der Waals surface area contributed by atoms with Crippen LogP contribution in [-0.2, 0) is 12.0 Å². The van der Waals surface area contributed by atoms with Gasteiger partial charge in [0, 0.05) is 11.5 Å². The van der Waals surface area contributed by atoms with E-state index in [0.717, 1.165) is 11.3 Å². The molecular weight excluding hydrogens is 202 g/mol. The highest BCUT2D eigenvalue weighted by Gasteiger charge is 2.17. The number of aliphatic hydroxyl groups excluding tert-OH is 1. The van der Waals surface area contributed by atoms with E-state index in [4.69, 9.17) is 4.74 Å². The number of hydrogen-bond donors (Lipinski definition) is 1. The smallest absolute Gasteiger partial charge is 0.214 e. The highest BCUT2D eigenvalue weighted by molar-refractivity contribution is 5.28. The Balaban J connectivity index is 3.05. The largest absolute Gasteiger partial charge is 0.473 e. The Bertz CT molecular complexity index is 367. The van der Waals surface area contributed by atoms with Crippen LogP contribution in [0.2, 0.25) is 0 Å². The zero-order valence-electron chi connectivity index (χ0n) is 10.2. The number of aliphatic hydroxyl groups is 1. The van der Waals surface area contributed by atoms with Gasteiger partial charge in [-0.2, -0.15) is 0 Å². The summed E-state index contributed by atoms with van der Waals surface area (Å²) in [5.74, 6) is 0.538. The lowest BCUT2D eigenvalue weighted by atomic mass is 9.91. The lowest BCUT2D eigenvalue weighted by Gasteiger charge is -2.19. The fourth-order valence-electron chi connectivity index (χ4n) is 1.25. The summed E-state index contributed by atoms with van der Waals surface area (Å²) in [7, 11) is 0. The van der Waals surface area contributed by atoms with Gasteiger partial charge in [0.2, 0.25) is 5.88 Å². The van der Waals surface area contributed by atoms with Crippen molar-refractivity contribution in [3.05, 3.63) is 36.0 Å². The third kappa shape index (κ3) is 3.35. The molecule has 0 aliphatic heterocycles. The summed E-state index contributed by atoms with van der Waals surface area (Å²) in [5.41, 5.74) is 1.68. The summed E-state index contributed by atoms with van der Waals surface area (Å²) in [4.78, 5) is 4.41. The number of aromatic nitrogens is 1. The lowest BCUT2D eigenvalue weighted by molar-refractivity contribution is 0.279. The summed E-state index contributed by atoms with van der Waals surface area (Å²) in [5, 5.41) is 9.17. The first-order valence-corrected chi connectivity index (χ1v) is 5.33. The fraction of sp³-hybridized carbons (Fsp3) is 0.462. The van der Waals surface area contributed by atoms with Gasteiger partial charge in [-0.3, -0.25) is 0 Å². The predicted molar refractivity (Wildman–Crippen MR) is 64.6 cm³/mol. The average molecular weight is 221 g/mol. The van der Waals surface area contributed by atoms with Gasteiger partial charge < -0.3 is 9.84 Å². The van der Waals surface area contributed by atoms with Crippen LogP contribution in [0.1, 0.15) is 32.0 Å². The van der Waals surface area contributed by atoms with Crippen LogP contribution in [0, 0.1) is 0 Å². The molecule has 0 saturated carbocycles. The van der Waals surface area contributed by atoms with E-state index in [1.54, 1.807) is 12.1 Å². The number of rotatable bonds is 4. The molecule has 0 spiro atoms. The molecule has 0 radical (unpaired) electrons. The van der Waals surface area contributed by atoms with Crippen molar-refractivity contribution >= 4 is 0 Å². The summed E-state index contributed by atoms with van der Waals surface area (Å²) in [6.45, 7) is 10.2. The minimum Gasteiger partial charge on any atom is -0.473 e. The fourth-order valence-corrected chi connectivity index (χ4v) is 1.25. The molecular formula is C13H19NO2. The van der Waals surface area contributed by atoms with Gasteiger partial charge in [0.1, 0.15) is 6.61 Å². The van der Waals surface area contributed by atoms with Gasteiger partial charge in [0.15, 0.2) is 0 Å². The normalized spacial score (nSPS) is 11.2. The molecule has 0 aromatic carbocycles. The van der Waals surface area contributed by atoms with E-state index in [2.05, 4.69) is 32.3 Å². The minimum atomic E-state index is -0.0581. The first-order chi connectivity index (χ1) is 7.47. The molecule has 0 fully saturated rings. The van der Waals surface area contributed by atoms with Crippen LogP contribution in [-0.4, -0.2) is 16.7 Å².